The van der Waals surface area contributed by atoms with Crippen LogP contribution >= 0.6 is 27.3 Å². The molecule has 1 aromatic rings. The Hall–Kier alpha value is -0.170. The maximum absolute atomic E-state index is 12.6. The number of hydrogen-bond acceptors (Lipinski definition) is 3. The van der Waals surface area contributed by atoms with Crippen molar-refractivity contribution in [2.75, 3.05) is 6.54 Å². The van der Waals surface area contributed by atoms with E-state index in [0.29, 0.717) is 10.8 Å². The molecule has 0 saturated heterocycles. The van der Waals surface area contributed by atoms with Crippen LogP contribution in [0.25, 0.3) is 0 Å². The Balaban J connectivity index is 3.30. The third-order valence-corrected chi connectivity index (χ3v) is 7.14. The van der Waals surface area contributed by atoms with Gasteiger partial charge < -0.3 is 0 Å². The lowest BCUT2D eigenvalue weighted by Gasteiger charge is -2.33. The maximum Gasteiger partial charge on any atom is 0.253 e. The van der Waals surface area contributed by atoms with Crippen molar-refractivity contribution in [2.45, 2.75) is 37.4 Å². The van der Waals surface area contributed by atoms with Crippen molar-refractivity contribution in [1.29, 1.82) is 0 Å². The molecule has 0 fully saturated rings. The summed E-state index contributed by atoms with van der Waals surface area (Å²) >= 11 is 4.61. The van der Waals surface area contributed by atoms with Gasteiger partial charge in [-0.2, -0.15) is 4.31 Å². The van der Waals surface area contributed by atoms with Gasteiger partial charge in [-0.05, 0) is 55.3 Å². The van der Waals surface area contributed by atoms with Crippen molar-refractivity contribution in [1.82, 2.24) is 4.31 Å². The average molecular weight is 352 g/mol. The number of sulfonamides is 1. The molecule has 1 heterocycles. The number of hydrogen-bond donors (Lipinski definition) is 0. The lowest BCUT2D eigenvalue weighted by Crippen LogP contribution is -2.45. The van der Waals surface area contributed by atoms with E-state index in [4.69, 9.17) is 0 Å². The Morgan fingerprint density at radius 3 is 2.39 bits per heavy atom. The maximum atomic E-state index is 12.6. The lowest BCUT2D eigenvalue weighted by atomic mass is 10.1. The highest BCUT2D eigenvalue weighted by molar-refractivity contribution is 9.11. The van der Waals surface area contributed by atoms with Crippen molar-refractivity contribution in [3.05, 3.63) is 28.1 Å². The van der Waals surface area contributed by atoms with Gasteiger partial charge in [0.2, 0.25) is 0 Å². The second-order valence-electron chi connectivity index (χ2n) is 5.02. The summed E-state index contributed by atoms with van der Waals surface area (Å²) in [4.78, 5) is 0. The number of aryl methyl sites for hydroxylation is 1. The molecule has 0 N–H and O–H groups in total. The van der Waals surface area contributed by atoms with Gasteiger partial charge in [0.25, 0.3) is 10.0 Å². The molecule has 0 bridgehead atoms. The molecule has 0 amide bonds. The van der Waals surface area contributed by atoms with E-state index >= 15 is 0 Å². The Kier molecular flexibility index (Phi) is 4.81. The van der Waals surface area contributed by atoms with Crippen LogP contribution in [0, 0.1) is 6.92 Å². The van der Waals surface area contributed by atoms with Crippen molar-refractivity contribution in [2.24, 2.45) is 0 Å². The van der Waals surface area contributed by atoms with Crippen LogP contribution in [-0.4, -0.2) is 24.8 Å². The third kappa shape index (κ3) is 3.23. The summed E-state index contributed by atoms with van der Waals surface area (Å²) in [6.45, 7) is 11.5. The van der Waals surface area contributed by atoms with Gasteiger partial charge in [0.1, 0.15) is 4.21 Å². The second kappa shape index (κ2) is 5.45. The zero-order chi connectivity index (χ0) is 14.1. The van der Waals surface area contributed by atoms with Crippen molar-refractivity contribution >= 4 is 37.3 Å². The number of thiophene rings is 1. The summed E-state index contributed by atoms with van der Waals surface area (Å²) in [5.41, 5.74) is 0.461. The fourth-order valence-corrected chi connectivity index (χ4v) is 5.62. The molecule has 0 aromatic carbocycles. The van der Waals surface area contributed by atoms with E-state index in [1.807, 2.05) is 27.7 Å². The lowest BCUT2D eigenvalue weighted by molar-refractivity contribution is 0.270. The minimum atomic E-state index is -3.47. The molecule has 0 unspecified atom stereocenters. The average Bonchev–Trinajstić information content (AvgIpc) is 2.54. The molecule has 1 rings (SSSR count). The minimum Gasteiger partial charge on any atom is -0.206 e. The van der Waals surface area contributed by atoms with E-state index in [1.54, 1.807) is 12.1 Å². The molecule has 1 aromatic heterocycles. The van der Waals surface area contributed by atoms with Crippen LogP contribution in [0.4, 0.5) is 0 Å². The summed E-state index contributed by atoms with van der Waals surface area (Å²) in [5.74, 6) is 0. The molecular weight excluding hydrogens is 334 g/mol. The molecule has 3 nitrogen and oxygen atoms in total. The first-order chi connectivity index (χ1) is 8.10. The Morgan fingerprint density at radius 1 is 1.50 bits per heavy atom. The van der Waals surface area contributed by atoms with Crippen LogP contribution in [0.1, 0.15) is 26.3 Å². The van der Waals surface area contributed by atoms with E-state index in [1.165, 1.54) is 15.6 Å². The first kappa shape index (κ1) is 15.9. The van der Waals surface area contributed by atoms with E-state index in [2.05, 4.69) is 22.5 Å². The molecule has 102 valence electrons. The highest BCUT2D eigenvalue weighted by Gasteiger charge is 2.34. The molecule has 0 spiro atoms. The normalized spacial score (nSPS) is 13.0. The van der Waals surface area contributed by atoms with Crippen LogP contribution in [0.3, 0.4) is 0 Å². The molecule has 6 heteroatoms. The van der Waals surface area contributed by atoms with Crippen molar-refractivity contribution in [3.63, 3.8) is 0 Å². The SMILES string of the molecule is C=CCN(C(C)(C)C)S(=O)(=O)c1cc(C)c(Br)s1. The summed E-state index contributed by atoms with van der Waals surface area (Å²) in [7, 11) is -3.47. The van der Waals surface area contributed by atoms with Gasteiger partial charge in [0.15, 0.2) is 0 Å². The fourth-order valence-electron chi connectivity index (χ4n) is 1.52. The van der Waals surface area contributed by atoms with Gasteiger partial charge in [-0.1, -0.05) is 6.08 Å². The summed E-state index contributed by atoms with van der Waals surface area (Å²) in [6.07, 6.45) is 1.61. The molecule has 0 aliphatic carbocycles. The van der Waals surface area contributed by atoms with Crippen LogP contribution < -0.4 is 0 Å². The third-order valence-electron chi connectivity index (χ3n) is 2.42. The van der Waals surface area contributed by atoms with Gasteiger partial charge in [-0.25, -0.2) is 8.42 Å². The van der Waals surface area contributed by atoms with Crippen LogP contribution in [-0.2, 0) is 10.0 Å². The van der Waals surface area contributed by atoms with E-state index in [-0.39, 0.29) is 0 Å². The van der Waals surface area contributed by atoms with E-state index < -0.39 is 15.6 Å². The van der Waals surface area contributed by atoms with Crippen LogP contribution in [0.15, 0.2) is 26.7 Å². The Morgan fingerprint density at radius 2 is 2.06 bits per heavy atom. The largest absolute Gasteiger partial charge is 0.253 e. The first-order valence-electron chi connectivity index (χ1n) is 5.50. The zero-order valence-corrected chi connectivity index (χ0v) is 14.2. The van der Waals surface area contributed by atoms with Gasteiger partial charge in [-0.3, -0.25) is 0 Å². The quantitative estimate of drug-likeness (QED) is 0.773. The molecule has 0 aliphatic rings. The highest BCUT2D eigenvalue weighted by atomic mass is 79.9. The van der Waals surface area contributed by atoms with Gasteiger partial charge in [0.05, 0.1) is 3.79 Å². The summed E-state index contributed by atoms with van der Waals surface area (Å²) in [6, 6.07) is 1.70. The van der Waals surface area contributed by atoms with Gasteiger partial charge >= 0.3 is 0 Å². The molecule has 0 saturated carbocycles. The fraction of sp³-hybridized carbons (Fsp3) is 0.500. The summed E-state index contributed by atoms with van der Waals surface area (Å²) in [5, 5.41) is 0. The molecule has 0 radical (unpaired) electrons. The van der Waals surface area contributed by atoms with Gasteiger partial charge in [-0.15, -0.1) is 17.9 Å². The monoisotopic (exact) mass is 351 g/mol. The molecule has 0 aliphatic heterocycles. The molecule has 18 heavy (non-hydrogen) atoms. The van der Waals surface area contributed by atoms with Crippen LogP contribution in [0.2, 0.25) is 0 Å². The highest BCUT2D eigenvalue weighted by Crippen LogP contribution is 2.34. The van der Waals surface area contributed by atoms with E-state index in [9.17, 15) is 8.42 Å². The predicted molar refractivity (Wildman–Crippen MR) is 80.6 cm³/mol. The van der Waals surface area contributed by atoms with Crippen molar-refractivity contribution < 1.29 is 8.42 Å². The smallest absolute Gasteiger partial charge is 0.206 e. The standard InChI is InChI=1S/C12H18BrNO2S2/c1-6-7-14(12(3,4)5)18(15,16)10-8-9(2)11(13)17-10/h6,8H,1,7H2,2-5H3. The topological polar surface area (TPSA) is 37.4 Å². The second-order valence-corrected chi connectivity index (χ2v) is 9.48. The Labute approximate surface area is 122 Å². The zero-order valence-electron chi connectivity index (χ0n) is 11.0. The van der Waals surface area contributed by atoms with Gasteiger partial charge in [0, 0.05) is 12.1 Å². The van der Waals surface area contributed by atoms with Crippen molar-refractivity contribution in [3.8, 4) is 0 Å². The minimum absolute atomic E-state index is 0.306. The van der Waals surface area contributed by atoms with E-state index in [0.717, 1.165) is 9.35 Å². The summed E-state index contributed by atoms with van der Waals surface area (Å²) < 4.78 is 27.9. The Bertz CT molecular complexity index is 521. The number of nitrogens with zero attached hydrogens (tertiary/aromatic N) is 1. The number of rotatable bonds is 4. The molecular formula is C12H18BrNO2S2. The predicted octanol–water partition coefficient (Wildman–Crippen LogP) is 3.79. The molecule has 0 atom stereocenters. The first-order valence-corrected chi connectivity index (χ1v) is 8.55. The number of halogens is 1. The van der Waals surface area contributed by atoms with Crippen LogP contribution in [0.5, 0.6) is 0 Å².